The second-order valence-corrected chi connectivity index (χ2v) is 3.89. The number of hydrogen-bond acceptors (Lipinski definition) is 4. The molecule has 4 heteroatoms. The van der Waals surface area contributed by atoms with Gasteiger partial charge in [0.05, 0.1) is 13.2 Å². The van der Waals surface area contributed by atoms with Crippen LogP contribution in [0.4, 0.5) is 0 Å². The molecule has 0 radical (unpaired) electrons. The SMILES string of the molecule is CCCCOC(=O)CN1CCC(=O)CC1. The molecule has 0 aromatic rings. The first-order valence-corrected chi connectivity index (χ1v) is 5.62. The van der Waals surface area contributed by atoms with Crippen molar-refractivity contribution in [3.05, 3.63) is 0 Å². The van der Waals surface area contributed by atoms with Crippen LogP contribution in [0, 0.1) is 0 Å². The number of esters is 1. The highest BCUT2D eigenvalue weighted by atomic mass is 16.5. The van der Waals surface area contributed by atoms with Crippen LogP contribution < -0.4 is 0 Å². The van der Waals surface area contributed by atoms with Crippen LogP contribution in [0.3, 0.4) is 0 Å². The Morgan fingerprint density at radius 1 is 1.40 bits per heavy atom. The molecule has 86 valence electrons. The number of carbonyl (C=O) groups excluding carboxylic acids is 2. The summed E-state index contributed by atoms with van der Waals surface area (Å²) in [5.74, 6) is 0.128. The van der Waals surface area contributed by atoms with E-state index < -0.39 is 0 Å². The van der Waals surface area contributed by atoms with Crippen LogP contribution in [0.15, 0.2) is 0 Å². The first-order chi connectivity index (χ1) is 7.22. The van der Waals surface area contributed by atoms with Crippen molar-refractivity contribution in [2.24, 2.45) is 0 Å². The average molecular weight is 213 g/mol. The molecular formula is C11H19NO3. The molecule has 0 aliphatic carbocycles. The second kappa shape index (κ2) is 6.56. The van der Waals surface area contributed by atoms with E-state index in [1.54, 1.807) is 0 Å². The number of carbonyl (C=O) groups is 2. The van der Waals surface area contributed by atoms with Gasteiger partial charge in [-0.1, -0.05) is 13.3 Å². The number of hydrogen-bond donors (Lipinski definition) is 0. The lowest BCUT2D eigenvalue weighted by Gasteiger charge is -2.24. The molecule has 0 amide bonds. The molecule has 1 aliphatic rings. The average Bonchev–Trinajstić information content (AvgIpc) is 2.22. The zero-order valence-electron chi connectivity index (χ0n) is 9.33. The molecule has 1 fully saturated rings. The smallest absolute Gasteiger partial charge is 0.320 e. The summed E-state index contributed by atoms with van der Waals surface area (Å²) in [7, 11) is 0. The Morgan fingerprint density at radius 3 is 2.67 bits per heavy atom. The summed E-state index contributed by atoms with van der Waals surface area (Å²) in [6.07, 6.45) is 3.10. The lowest BCUT2D eigenvalue weighted by Crippen LogP contribution is -2.38. The second-order valence-electron chi connectivity index (χ2n) is 3.89. The zero-order valence-corrected chi connectivity index (χ0v) is 9.33. The Labute approximate surface area is 90.6 Å². The number of nitrogens with zero attached hydrogens (tertiary/aromatic N) is 1. The number of ketones is 1. The molecule has 15 heavy (non-hydrogen) atoms. The Kier molecular flexibility index (Phi) is 5.32. The van der Waals surface area contributed by atoms with Crippen molar-refractivity contribution in [2.75, 3.05) is 26.2 Å². The minimum absolute atomic E-state index is 0.169. The number of likely N-dealkylation sites (tertiary alicyclic amines) is 1. The fourth-order valence-corrected chi connectivity index (χ4v) is 1.52. The maximum absolute atomic E-state index is 11.3. The van der Waals surface area contributed by atoms with Gasteiger partial charge in [-0.3, -0.25) is 14.5 Å². The normalized spacial score (nSPS) is 17.8. The van der Waals surface area contributed by atoms with E-state index in [1.807, 2.05) is 4.90 Å². The molecule has 0 unspecified atom stereocenters. The van der Waals surface area contributed by atoms with Crippen LogP contribution in [-0.2, 0) is 14.3 Å². The van der Waals surface area contributed by atoms with Gasteiger partial charge in [-0.25, -0.2) is 0 Å². The highest BCUT2D eigenvalue weighted by Crippen LogP contribution is 2.05. The van der Waals surface area contributed by atoms with E-state index in [2.05, 4.69) is 6.92 Å². The van der Waals surface area contributed by atoms with E-state index in [1.165, 1.54) is 0 Å². The molecule has 0 atom stereocenters. The maximum Gasteiger partial charge on any atom is 0.320 e. The summed E-state index contributed by atoms with van der Waals surface area (Å²) in [6, 6.07) is 0. The summed E-state index contributed by atoms with van der Waals surface area (Å²) in [5.41, 5.74) is 0. The summed E-state index contributed by atoms with van der Waals surface area (Å²) >= 11 is 0. The van der Waals surface area contributed by atoms with Gasteiger partial charge in [0, 0.05) is 25.9 Å². The van der Waals surface area contributed by atoms with Gasteiger partial charge in [0.1, 0.15) is 5.78 Å². The van der Waals surface area contributed by atoms with Crippen LogP contribution in [0.2, 0.25) is 0 Å². The third-order valence-corrected chi connectivity index (χ3v) is 2.53. The Balaban J connectivity index is 2.12. The van der Waals surface area contributed by atoms with Crippen molar-refractivity contribution in [1.82, 2.24) is 4.90 Å². The van der Waals surface area contributed by atoms with E-state index in [-0.39, 0.29) is 5.97 Å². The summed E-state index contributed by atoms with van der Waals surface area (Å²) in [5, 5.41) is 0. The fraction of sp³-hybridized carbons (Fsp3) is 0.818. The van der Waals surface area contributed by atoms with Gasteiger partial charge in [-0.15, -0.1) is 0 Å². The van der Waals surface area contributed by atoms with E-state index in [0.717, 1.165) is 12.8 Å². The lowest BCUT2D eigenvalue weighted by atomic mass is 10.1. The highest BCUT2D eigenvalue weighted by Gasteiger charge is 2.18. The topological polar surface area (TPSA) is 46.6 Å². The molecule has 4 nitrogen and oxygen atoms in total. The van der Waals surface area contributed by atoms with Gasteiger partial charge in [0.2, 0.25) is 0 Å². The van der Waals surface area contributed by atoms with Gasteiger partial charge in [0.15, 0.2) is 0 Å². The quantitative estimate of drug-likeness (QED) is 0.505. The van der Waals surface area contributed by atoms with E-state index in [0.29, 0.717) is 44.9 Å². The summed E-state index contributed by atoms with van der Waals surface area (Å²) < 4.78 is 5.05. The molecule has 1 rings (SSSR count). The molecule has 1 heterocycles. The minimum Gasteiger partial charge on any atom is -0.465 e. The van der Waals surface area contributed by atoms with E-state index in [9.17, 15) is 9.59 Å². The first kappa shape index (κ1) is 12.2. The van der Waals surface area contributed by atoms with Crippen molar-refractivity contribution < 1.29 is 14.3 Å². The molecule has 1 saturated heterocycles. The van der Waals surface area contributed by atoms with Crippen molar-refractivity contribution in [1.29, 1.82) is 0 Å². The van der Waals surface area contributed by atoms with Crippen molar-refractivity contribution in [2.45, 2.75) is 32.6 Å². The molecule has 0 N–H and O–H groups in total. The first-order valence-electron chi connectivity index (χ1n) is 5.62. The molecule has 1 aliphatic heterocycles. The van der Waals surface area contributed by atoms with Crippen LogP contribution >= 0.6 is 0 Å². The molecule has 0 bridgehead atoms. The van der Waals surface area contributed by atoms with Crippen molar-refractivity contribution in [3.63, 3.8) is 0 Å². The zero-order chi connectivity index (χ0) is 11.1. The Hall–Kier alpha value is -0.900. The van der Waals surface area contributed by atoms with Crippen LogP contribution in [0.25, 0.3) is 0 Å². The number of ether oxygens (including phenoxy) is 1. The van der Waals surface area contributed by atoms with Crippen LogP contribution in [-0.4, -0.2) is 42.9 Å². The van der Waals surface area contributed by atoms with Crippen LogP contribution in [0.5, 0.6) is 0 Å². The van der Waals surface area contributed by atoms with Gasteiger partial charge in [0.25, 0.3) is 0 Å². The third kappa shape index (κ3) is 4.93. The maximum atomic E-state index is 11.3. The predicted molar refractivity (Wildman–Crippen MR) is 56.5 cm³/mol. The van der Waals surface area contributed by atoms with E-state index in [4.69, 9.17) is 4.74 Å². The van der Waals surface area contributed by atoms with Gasteiger partial charge in [-0.05, 0) is 6.42 Å². The van der Waals surface area contributed by atoms with Gasteiger partial charge < -0.3 is 4.74 Å². The number of piperidine rings is 1. The predicted octanol–water partition coefficient (Wildman–Crippen LogP) is 0.995. The van der Waals surface area contributed by atoms with Crippen molar-refractivity contribution >= 4 is 11.8 Å². The molecule has 0 saturated carbocycles. The fourth-order valence-electron chi connectivity index (χ4n) is 1.52. The lowest BCUT2D eigenvalue weighted by molar-refractivity contribution is -0.146. The number of rotatable bonds is 5. The molecule has 0 spiro atoms. The molecule has 0 aromatic carbocycles. The molecule has 0 aromatic heterocycles. The molecular weight excluding hydrogens is 194 g/mol. The summed E-state index contributed by atoms with van der Waals surface area (Å²) in [4.78, 5) is 24.3. The van der Waals surface area contributed by atoms with E-state index >= 15 is 0 Å². The number of unbranched alkanes of at least 4 members (excludes halogenated alkanes) is 1. The largest absolute Gasteiger partial charge is 0.465 e. The standard InChI is InChI=1S/C11H19NO3/c1-2-3-8-15-11(14)9-12-6-4-10(13)5-7-12/h2-9H2,1H3. The van der Waals surface area contributed by atoms with Crippen molar-refractivity contribution in [3.8, 4) is 0 Å². The summed E-state index contributed by atoms with van der Waals surface area (Å²) in [6.45, 7) is 4.30. The van der Waals surface area contributed by atoms with Crippen LogP contribution in [0.1, 0.15) is 32.6 Å². The third-order valence-electron chi connectivity index (χ3n) is 2.53. The van der Waals surface area contributed by atoms with Gasteiger partial charge in [-0.2, -0.15) is 0 Å². The Morgan fingerprint density at radius 2 is 2.07 bits per heavy atom. The monoisotopic (exact) mass is 213 g/mol. The highest BCUT2D eigenvalue weighted by molar-refractivity contribution is 5.80. The minimum atomic E-state index is -0.169. The Bertz CT molecular complexity index is 218. The number of Topliss-reactive ketones (excluding diaryl/α,β-unsaturated/α-hetero) is 1. The van der Waals surface area contributed by atoms with Gasteiger partial charge >= 0.3 is 5.97 Å².